The van der Waals surface area contributed by atoms with Crippen molar-refractivity contribution in [2.45, 2.75) is 13.8 Å². The number of hydrogen-bond donors (Lipinski definition) is 0. The molecule has 0 fully saturated rings. The second-order valence-corrected chi connectivity index (χ2v) is 5.88. The topological polar surface area (TPSA) is 26.3 Å². The standard InChI is InChI=1S/C16H14BrClO2/c1-9-6-10(2)15(14(7-9)20-3)16(19)11-4-5-13(18)12(17)8-11/h4-8H,1-3H3. The third-order valence-electron chi connectivity index (χ3n) is 3.07. The third-order valence-corrected chi connectivity index (χ3v) is 4.29. The molecule has 0 aromatic heterocycles. The highest BCUT2D eigenvalue weighted by Gasteiger charge is 2.18. The number of carbonyl (C=O) groups excluding carboxylic acids is 1. The highest BCUT2D eigenvalue weighted by molar-refractivity contribution is 9.10. The van der Waals surface area contributed by atoms with Gasteiger partial charge in [0.2, 0.25) is 0 Å². The van der Waals surface area contributed by atoms with Crippen molar-refractivity contribution >= 4 is 33.3 Å². The molecule has 0 heterocycles. The smallest absolute Gasteiger partial charge is 0.197 e. The lowest BCUT2D eigenvalue weighted by atomic mass is 9.96. The molecular formula is C16H14BrClO2. The highest BCUT2D eigenvalue weighted by Crippen LogP contribution is 2.29. The van der Waals surface area contributed by atoms with Crippen LogP contribution in [0.3, 0.4) is 0 Å². The molecule has 0 saturated carbocycles. The van der Waals surface area contributed by atoms with Gasteiger partial charge in [-0.2, -0.15) is 0 Å². The number of aryl methyl sites for hydroxylation is 2. The number of carbonyl (C=O) groups is 1. The van der Waals surface area contributed by atoms with E-state index < -0.39 is 0 Å². The summed E-state index contributed by atoms with van der Waals surface area (Å²) in [6, 6.07) is 8.98. The quantitative estimate of drug-likeness (QED) is 0.729. The summed E-state index contributed by atoms with van der Waals surface area (Å²) in [7, 11) is 1.57. The molecule has 0 bridgehead atoms. The fourth-order valence-corrected chi connectivity index (χ4v) is 2.66. The minimum absolute atomic E-state index is 0.0725. The Labute approximate surface area is 131 Å². The lowest BCUT2D eigenvalue weighted by molar-refractivity contribution is 0.103. The summed E-state index contributed by atoms with van der Waals surface area (Å²) >= 11 is 9.30. The molecule has 2 nitrogen and oxygen atoms in total. The third kappa shape index (κ3) is 2.89. The molecule has 0 atom stereocenters. The number of ether oxygens (including phenoxy) is 1. The number of ketones is 1. The van der Waals surface area contributed by atoms with Crippen LogP contribution >= 0.6 is 27.5 Å². The maximum Gasteiger partial charge on any atom is 0.197 e. The molecule has 0 amide bonds. The summed E-state index contributed by atoms with van der Waals surface area (Å²) < 4.78 is 6.05. The Morgan fingerprint density at radius 1 is 1.20 bits per heavy atom. The molecule has 20 heavy (non-hydrogen) atoms. The average molecular weight is 354 g/mol. The van der Waals surface area contributed by atoms with Crippen LogP contribution in [0.5, 0.6) is 5.75 Å². The first kappa shape index (κ1) is 15.1. The van der Waals surface area contributed by atoms with Crippen LogP contribution in [0.2, 0.25) is 5.02 Å². The lowest BCUT2D eigenvalue weighted by Crippen LogP contribution is -2.07. The van der Waals surface area contributed by atoms with Crippen LogP contribution in [0.15, 0.2) is 34.8 Å². The second-order valence-electron chi connectivity index (χ2n) is 4.62. The second kappa shape index (κ2) is 5.98. The van der Waals surface area contributed by atoms with Gasteiger partial charge >= 0.3 is 0 Å². The Morgan fingerprint density at radius 3 is 2.50 bits per heavy atom. The van der Waals surface area contributed by atoms with E-state index in [0.717, 1.165) is 11.1 Å². The van der Waals surface area contributed by atoms with Gasteiger partial charge in [-0.05, 0) is 65.2 Å². The van der Waals surface area contributed by atoms with E-state index in [4.69, 9.17) is 16.3 Å². The minimum atomic E-state index is -0.0725. The van der Waals surface area contributed by atoms with Crippen LogP contribution in [-0.2, 0) is 0 Å². The molecule has 0 aliphatic rings. The van der Waals surface area contributed by atoms with Crippen molar-refractivity contribution in [2.75, 3.05) is 7.11 Å². The van der Waals surface area contributed by atoms with Crippen molar-refractivity contribution in [1.82, 2.24) is 0 Å². The zero-order valence-corrected chi connectivity index (χ0v) is 13.8. The zero-order valence-electron chi connectivity index (χ0n) is 11.5. The van der Waals surface area contributed by atoms with Gasteiger partial charge in [0, 0.05) is 10.0 Å². The number of rotatable bonds is 3. The van der Waals surface area contributed by atoms with Crippen LogP contribution in [0, 0.1) is 13.8 Å². The van der Waals surface area contributed by atoms with E-state index in [-0.39, 0.29) is 5.78 Å². The molecule has 0 aliphatic carbocycles. The normalized spacial score (nSPS) is 10.4. The molecule has 0 unspecified atom stereocenters. The molecule has 0 saturated heterocycles. The van der Waals surface area contributed by atoms with Crippen LogP contribution in [0.1, 0.15) is 27.0 Å². The van der Waals surface area contributed by atoms with Gasteiger partial charge < -0.3 is 4.74 Å². The molecule has 4 heteroatoms. The van der Waals surface area contributed by atoms with Crippen molar-refractivity contribution in [2.24, 2.45) is 0 Å². The maximum atomic E-state index is 12.7. The molecule has 0 radical (unpaired) electrons. The molecule has 2 aromatic carbocycles. The van der Waals surface area contributed by atoms with Gasteiger partial charge in [-0.25, -0.2) is 0 Å². The molecule has 104 valence electrons. The van der Waals surface area contributed by atoms with E-state index in [1.807, 2.05) is 26.0 Å². The Kier molecular flexibility index (Phi) is 4.51. The molecule has 0 N–H and O–H groups in total. The average Bonchev–Trinajstić information content (AvgIpc) is 2.40. The number of halogens is 2. The largest absolute Gasteiger partial charge is 0.496 e. The SMILES string of the molecule is COc1cc(C)cc(C)c1C(=O)c1ccc(Cl)c(Br)c1. The predicted molar refractivity (Wildman–Crippen MR) is 85.1 cm³/mol. The van der Waals surface area contributed by atoms with Gasteiger partial charge in [-0.15, -0.1) is 0 Å². The van der Waals surface area contributed by atoms with Gasteiger partial charge in [-0.3, -0.25) is 4.79 Å². The number of hydrogen-bond acceptors (Lipinski definition) is 2. The molecule has 0 spiro atoms. The summed E-state index contributed by atoms with van der Waals surface area (Å²) in [6.07, 6.45) is 0. The van der Waals surface area contributed by atoms with Gasteiger partial charge in [-0.1, -0.05) is 17.7 Å². The van der Waals surface area contributed by atoms with Crippen molar-refractivity contribution in [3.8, 4) is 5.75 Å². The van der Waals surface area contributed by atoms with Crippen LogP contribution in [0.4, 0.5) is 0 Å². The van der Waals surface area contributed by atoms with E-state index in [9.17, 15) is 4.79 Å². The zero-order chi connectivity index (χ0) is 14.9. The monoisotopic (exact) mass is 352 g/mol. The van der Waals surface area contributed by atoms with E-state index >= 15 is 0 Å². The fourth-order valence-electron chi connectivity index (χ4n) is 2.16. The van der Waals surface area contributed by atoms with Gasteiger partial charge in [0.05, 0.1) is 17.7 Å². The lowest BCUT2D eigenvalue weighted by Gasteiger charge is -2.12. The Hall–Kier alpha value is -1.32. The van der Waals surface area contributed by atoms with Gasteiger partial charge in [0.1, 0.15) is 5.75 Å². The van der Waals surface area contributed by atoms with E-state index in [2.05, 4.69) is 15.9 Å². The summed E-state index contributed by atoms with van der Waals surface area (Å²) in [5.41, 5.74) is 3.13. The van der Waals surface area contributed by atoms with E-state index in [0.29, 0.717) is 26.4 Å². The summed E-state index contributed by atoms with van der Waals surface area (Å²) in [5, 5.41) is 0.578. The fraction of sp³-hybridized carbons (Fsp3) is 0.188. The predicted octanol–water partition coefficient (Wildman–Crippen LogP) is 4.96. The first-order chi connectivity index (χ1) is 9.43. The van der Waals surface area contributed by atoms with Gasteiger partial charge in [0.15, 0.2) is 5.78 Å². The Balaban J connectivity index is 2.55. The molecular weight excluding hydrogens is 340 g/mol. The summed E-state index contributed by atoms with van der Waals surface area (Å²) in [4.78, 5) is 12.7. The summed E-state index contributed by atoms with van der Waals surface area (Å²) in [6.45, 7) is 3.89. The minimum Gasteiger partial charge on any atom is -0.496 e. The molecule has 0 aliphatic heterocycles. The van der Waals surface area contributed by atoms with Crippen molar-refractivity contribution in [3.05, 3.63) is 62.1 Å². The Morgan fingerprint density at radius 2 is 1.90 bits per heavy atom. The van der Waals surface area contributed by atoms with Crippen molar-refractivity contribution < 1.29 is 9.53 Å². The highest BCUT2D eigenvalue weighted by atomic mass is 79.9. The van der Waals surface area contributed by atoms with Crippen molar-refractivity contribution in [3.63, 3.8) is 0 Å². The van der Waals surface area contributed by atoms with Crippen LogP contribution in [-0.4, -0.2) is 12.9 Å². The van der Waals surface area contributed by atoms with Crippen LogP contribution < -0.4 is 4.74 Å². The first-order valence-corrected chi connectivity index (χ1v) is 7.26. The number of methoxy groups -OCH3 is 1. The first-order valence-electron chi connectivity index (χ1n) is 6.09. The van der Waals surface area contributed by atoms with Gasteiger partial charge in [0.25, 0.3) is 0 Å². The van der Waals surface area contributed by atoms with Crippen molar-refractivity contribution in [1.29, 1.82) is 0 Å². The molecule has 2 rings (SSSR count). The van der Waals surface area contributed by atoms with E-state index in [1.165, 1.54) is 0 Å². The number of benzene rings is 2. The summed E-state index contributed by atoms with van der Waals surface area (Å²) in [5.74, 6) is 0.523. The van der Waals surface area contributed by atoms with Crippen LogP contribution in [0.25, 0.3) is 0 Å². The molecule has 2 aromatic rings. The van der Waals surface area contributed by atoms with E-state index in [1.54, 1.807) is 25.3 Å². The Bertz CT molecular complexity index is 680. The maximum absolute atomic E-state index is 12.7.